The SMILES string of the molecule is Nc1ncc(-c2c[nH]c3ncccc23)cn1. The van der Waals surface area contributed by atoms with Crippen molar-refractivity contribution in [1.29, 1.82) is 0 Å². The van der Waals surface area contributed by atoms with E-state index in [2.05, 4.69) is 19.9 Å². The lowest BCUT2D eigenvalue weighted by molar-refractivity contribution is 1.19. The van der Waals surface area contributed by atoms with Crippen LogP contribution in [0.4, 0.5) is 5.95 Å². The van der Waals surface area contributed by atoms with E-state index in [-0.39, 0.29) is 5.95 Å². The quantitative estimate of drug-likeness (QED) is 0.640. The fraction of sp³-hybridized carbons (Fsp3) is 0. The third-order valence-corrected chi connectivity index (χ3v) is 2.43. The van der Waals surface area contributed by atoms with Crippen LogP contribution in [-0.4, -0.2) is 19.9 Å². The standard InChI is InChI=1S/C11H9N5/c12-11-15-4-7(5-16-11)9-6-14-10-8(9)2-1-3-13-10/h1-6H,(H,13,14)(H2,12,15,16). The summed E-state index contributed by atoms with van der Waals surface area (Å²) in [4.78, 5) is 15.3. The smallest absolute Gasteiger partial charge is 0.219 e. The van der Waals surface area contributed by atoms with Gasteiger partial charge in [-0.25, -0.2) is 15.0 Å². The van der Waals surface area contributed by atoms with Crippen LogP contribution in [0.1, 0.15) is 0 Å². The van der Waals surface area contributed by atoms with Crippen LogP contribution in [0.5, 0.6) is 0 Å². The van der Waals surface area contributed by atoms with E-state index in [1.807, 2.05) is 18.3 Å². The Hall–Kier alpha value is -2.43. The summed E-state index contributed by atoms with van der Waals surface area (Å²) in [5.74, 6) is 0.279. The minimum absolute atomic E-state index is 0.279. The number of hydrogen-bond acceptors (Lipinski definition) is 4. The summed E-state index contributed by atoms with van der Waals surface area (Å²) in [6, 6.07) is 3.91. The molecular formula is C11H9N5. The molecule has 0 aliphatic rings. The van der Waals surface area contributed by atoms with Crippen molar-refractivity contribution in [3.8, 4) is 11.1 Å². The zero-order chi connectivity index (χ0) is 11.0. The lowest BCUT2D eigenvalue weighted by Crippen LogP contribution is -1.93. The fourth-order valence-electron chi connectivity index (χ4n) is 1.67. The number of H-pyrrole nitrogens is 1. The average Bonchev–Trinajstić information content (AvgIpc) is 2.74. The minimum Gasteiger partial charge on any atom is -0.368 e. The Labute approximate surface area is 91.4 Å². The average molecular weight is 211 g/mol. The third kappa shape index (κ3) is 1.30. The molecule has 16 heavy (non-hydrogen) atoms. The van der Waals surface area contributed by atoms with Gasteiger partial charge in [0.15, 0.2) is 0 Å². The molecule has 0 bridgehead atoms. The molecule has 0 amide bonds. The molecule has 3 aromatic heterocycles. The maximum absolute atomic E-state index is 5.45. The molecule has 0 aliphatic heterocycles. The van der Waals surface area contributed by atoms with Crippen molar-refractivity contribution >= 4 is 17.0 Å². The minimum atomic E-state index is 0.279. The molecule has 5 heteroatoms. The van der Waals surface area contributed by atoms with Crippen LogP contribution >= 0.6 is 0 Å². The first-order valence-corrected chi connectivity index (χ1v) is 4.84. The molecule has 0 aliphatic carbocycles. The van der Waals surface area contributed by atoms with Gasteiger partial charge in [0.05, 0.1) is 0 Å². The monoisotopic (exact) mass is 211 g/mol. The number of hydrogen-bond donors (Lipinski definition) is 2. The van der Waals surface area contributed by atoms with Crippen LogP contribution in [0.25, 0.3) is 22.2 Å². The normalized spacial score (nSPS) is 10.8. The lowest BCUT2D eigenvalue weighted by Gasteiger charge is -1.98. The number of nitrogens with two attached hydrogens (primary N) is 1. The van der Waals surface area contributed by atoms with E-state index in [9.17, 15) is 0 Å². The predicted molar refractivity (Wildman–Crippen MR) is 61.5 cm³/mol. The molecule has 0 radical (unpaired) electrons. The van der Waals surface area contributed by atoms with Crippen molar-refractivity contribution in [2.24, 2.45) is 0 Å². The highest BCUT2D eigenvalue weighted by Gasteiger charge is 2.06. The molecule has 3 aromatic rings. The van der Waals surface area contributed by atoms with E-state index in [4.69, 9.17) is 5.73 Å². The summed E-state index contributed by atoms with van der Waals surface area (Å²) in [7, 11) is 0. The molecule has 0 spiro atoms. The summed E-state index contributed by atoms with van der Waals surface area (Å²) >= 11 is 0. The lowest BCUT2D eigenvalue weighted by atomic mass is 10.1. The van der Waals surface area contributed by atoms with Gasteiger partial charge in [-0.2, -0.15) is 0 Å². The van der Waals surface area contributed by atoms with Crippen LogP contribution in [0.2, 0.25) is 0 Å². The number of nitrogens with one attached hydrogen (secondary N) is 1. The summed E-state index contributed by atoms with van der Waals surface area (Å²) in [5.41, 5.74) is 8.26. The highest BCUT2D eigenvalue weighted by molar-refractivity contribution is 5.93. The van der Waals surface area contributed by atoms with Crippen molar-refractivity contribution in [1.82, 2.24) is 19.9 Å². The topological polar surface area (TPSA) is 80.5 Å². The molecule has 5 nitrogen and oxygen atoms in total. The van der Waals surface area contributed by atoms with E-state index in [0.717, 1.165) is 22.2 Å². The molecule has 0 aromatic carbocycles. The van der Waals surface area contributed by atoms with E-state index < -0.39 is 0 Å². The van der Waals surface area contributed by atoms with Gasteiger partial charge in [-0.05, 0) is 12.1 Å². The molecule has 0 unspecified atom stereocenters. The summed E-state index contributed by atoms with van der Waals surface area (Å²) in [6.07, 6.45) is 7.06. The van der Waals surface area contributed by atoms with E-state index >= 15 is 0 Å². The van der Waals surface area contributed by atoms with E-state index in [1.165, 1.54) is 0 Å². The Morgan fingerprint density at radius 2 is 1.94 bits per heavy atom. The number of nitrogens with zero attached hydrogens (tertiary/aromatic N) is 3. The predicted octanol–water partition coefficient (Wildman–Crippen LogP) is 1.60. The van der Waals surface area contributed by atoms with Crippen molar-refractivity contribution in [3.05, 3.63) is 36.9 Å². The van der Waals surface area contributed by atoms with Gasteiger partial charge in [0, 0.05) is 41.3 Å². The van der Waals surface area contributed by atoms with Gasteiger partial charge in [-0.1, -0.05) is 0 Å². The summed E-state index contributed by atoms with van der Waals surface area (Å²) in [6.45, 7) is 0. The number of rotatable bonds is 1. The van der Waals surface area contributed by atoms with Gasteiger partial charge in [-0.3, -0.25) is 0 Å². The Bertz CT molecular complexity index is 626. The van der Waals surface area contributed by atoms with Gasteiger partial charge < -0.3 is 10.7 Å². The summed E-state index contributed by atoms with van der Waals surface area (Å²) in [5, 5.41) is 1.05. The third-order valence-electron chi connectivity index (χ3n) is 2.43. The molecule has 78 valence electrons. The molecule has 3 N–H and O–H groups in total. The zero-order valence-electron chi connectivity index (χ0n) is 8.38. The number of aromatic nitrogens is 4. The second-order valence-electron chi connectivity index (χ2n) is 3.43. The molecule has 0 atom stereocenters. The van der Waals surface area contributed by atoms with Gasteiger partial charge in [0.1, 0.15) is 5.65 Å². The van der Waals surface area contributed by atoms with Crippen LogP contribution < -0.4 is 5.73 Å². The fourth-order valence-corrected chi connectivity index (χ4v) is 1.67. The highest BCUT2D eigenvalue weighted by Crippen LogP contribution is 2.26. The molecule has 3 heterocycles. The molecule has 0 saturated carbocycles. The Kier molecular flexibility index (Phi) is 1.83. The zero-order valence-corrected chi connectivity index (χ0v) is 8.38. The number of aromatic amines is 1. The molecule has 3 rings (SSSR count). The largest absolute Gasteiger partial charge is 0.368 e. The molecular weight excluding hydrogens is 202 g/mol. The highest BCUT2D eigenvalue weighted by atomic mass is 15.0. The first-order valence-electron chi connectivity index (χ1n) is 4.84. The van der Waals surface area contributed by atoms with Crippen LogP contribution in [0, 0.1) is 0 Å². The van der Waals surface area contributed by atoms with Gasteiger partial charge in [-0.15, -0.1) is 0 Å². The summed E-state index contributed by atoms with van der Waals surface area (Å²) < 4.78 is 0. The Balaban J connectivity index is 2.22. The van der Waals surface area contributed by atoms with Crippen molar-refractivity contribution in [2.75, 3.05) is 5.73 Å². The van der Waals surface area contributed by atoms with Gasteiger partial charge >= 0.3 is 0 Å². The Morgan fingerprint density at radius 3 is 2.75 bits per heavy atom. The molecule has 0 saturated heterocycles. The number of nitrogen functional groups attached to an aromatic ring is 1. The van der Waals surface area contributed by atoms with Gasteiger partial charge in [0.2, 0.25) is 5.95 Å². The van der Waals surface area contributed by atoms with E-state index in [1.54, 1.807) is 18.6 Å². The van der Waals surface area contributed by atoms with Crippen LogP contribution in [0.15, 0.2) is 36.9 Å². The first kappa shape index (κ1) is 8.84. The maximum atomic E-state index is 5.45. The second-order valence-corrected chi connectivity index (χ2v) is 3.43. The van der Waals surface area contributed by atoms with Crippen LogP contribution in [0.3, 0.4) is 0 Å². The first-order chi connectivity index (χ1) is 7.84. The number of anilines is 1. The van der Waals surface area contributed by atoms with Crippen LogP contribution in [-0.2, 0) is 0 Å². The number of fused-ring (bicyclic) bond motifs is 1. The second kappa shape index (κ2) is 3.30. The van der Waals surface area contributed by atoms with Gasteiger partial charge in [0.25, 0.3) is 0 Å². The maximum Gasteiger partial charge on any atom is 0.219 e. The number of pyridine rings is 1. The van der Waals surface area contributed by atoms with Crippen molar-refractivity contribution < 1.29 is 0 Å². The van der Waals surface area contributed by atoms with Crippen molar-refractivity contribution in [3.63, 3.8) is 0 Å². The van der Waals surface area contributed by atoms with Crippen molar-refractivity contribution in [2.45, 2.75) is 0 Å². The molecule has 0 fully saturated rings. The Morgan fingerprint density at radius 1 is 1.12 bits per heavy atom. The van der Waals surface area contributed by atoms with E-state index in [0.29, 0.717) is 0 Å².